The molecule has 1 heterocycles. The molecule has 1 aliphatic heterocycles. The Morgan fingerprint density at radius 1 is 1.04 bits per heavy atom. The number of likely N-dealkylation sites (tertiary alicyclic amines) is 1. The summed E-state index contributed by atoms with van der Waals surface area (Å²) in [6.07, 6.45) is 4.36. The lowest BCUT2D eigenvalue weighted by atomic mass is 10.00. The van der Waals surface area contributed by atoms with E-state index in [2.05, 4.69) is 36.5 Å². The first-order valence-electron chi connectivity index (χ1n) is 9.37. The van der Waals surface area contributed by atoms with E-state index >= 15 is 0 Å². The van der Waals surface area contributed by atoms with Crippen LogP contribution in [-0.4, -0.2) is 24.6 Å². The maximum absolute atomic E-state index is 13.1. The standard InChI is InChI=1S/C22H28N2O2/c1-16-8-11-18(12-9-16)20-7-5-4-6-14-24(20)22(25)23-19-15-17(2)10-13-21(19)26-3/h8-13,15,20H,4-7,14H2,1-3H3,(H,23,25)/t20-/m0/s1. The highest BCUT2D eigenvalue weighted by atomic mass is 16.5. The van der Waals surface area contributed by atoms with Gasteiger partial charge in [-0.15, -0.1) is 0 Å². The number of carbonyl (C=O) groups excluding carboxylic acids is 1. The average molecular weight is 352 g/mol. The van der Waals surface area contributed by atoms with Crippen LogP contribution in [0.5, 0.6) is 5.75 Å². The number of amides is 2. The summed E-state index contributed by atoms with van der Waals surface area (Å²) in [6.45, 7) is 4.88. The summed E-state index contributed by atoms with van der Waals surface area (Å²) < 4.78 is 5.40. The SMILES string of the molecule is COc1ccc(C)cc1NC(=O)N1CCCCC[C@H]1c1ccc(C)cc1. The highest BCUT2D eigenvalue weighted by molar-refractivity contribution is 5.91. The van der Waals surface area contributed by atoms with E-state index in [4.69, 9.17) is 4.74 Å². The Balaban J connectivity index is 1.85. The molecular weight excluding hydrogens is 324 g/mol. The van der Waals surface area contributed by atoms with Gasteiger partial charge in [0.15, 0.2) is 0 Å². The van der Waals surface area contributed by atoms with Crippen molar-refractivity contribution in [2.75, 3.05) is 19.0 Å². The maximum atomic E-state index is 13.1. The van der Waals surface area contributed by atoms with E-state index in [1.54, 1.807) is 7.11 Å². The van der Waals surface area contributed by atoms with E-state index in [1.807, 2.05) is 30.0 Å². The summed E-state index contributed by atoms with van der Waals surface area (Å²) in [5.41, 5.74) is 4.27. The third-order valence-electron chi connectivity index (χ3n) is 5.07. The molecule has 2 aromatic carbocycles. The van der Waals surface area contributed by atoms with Gasteiger partial charge < -0.3 is 15.0 Å². The van der Waals surface area contributed by atoms with Crippen LogP contribution in [0.3, 0.4) is 0 Å². The number of methoxy groups -OCH3 is 1. The van der Waals surface area contributed by atoms with Gasteiger partial charge in [0.05, 0.1) is 18.8 Å². The molecule has 138 valence electrons. The lowest BCUT2D eigenvalue weighted by molar-refractivity contribution is 0.189. The van der Waals surface area contributed by atoms with E-state index in [1.165, 1.54) is 17.5 Å². The first-order chi connectivity index (χ1) is 12.6. The van der Waals surface area contributed by atoms with Crippen LogP contribution in [0.4, 0.5) is 10.5 Å². The minimum atomic E-state index is -0.0543. The van der Waals surface area contributed by atoms with Gasteiger partial charge in [0, 0.05) is 6.54 Å². The van der Waals surface area contributed by atoms with Crippen LogP contribution in [0.25, 0.3) is 0 Å². The van der Waals surface area contributed by atoms with Crippen molar-refractivity contribution in [3.05, 3.63) is 59.2 Å². The molecule has 1 N–H and O–H groups in total. The minimum absolute atomic E-state index is 0.0543. The van der Waals surface area contributed by atoms with Gasteiger partial charge in [-0.05, 0) is 49.9 Å². The summed E-state index contributed by atoms with van der Waals surface area (Å²) in [4.78, 5) is 15.1. The third-order valence-corrected chi connectivity index (χ3v) is 5.07. The number of nitrogens with one attached hydrogen (secondary N) is 1. The van der Waals surface area contributed by atoms with Crippen molar-refractivity contribution in [3.63, 3.8) is 0 Å². The van der Waals surface area contributed by atoms with Crippen molar-refractivity contribution in [2.24, 2.45) is 0 Å². The zero-order valence-corrected chi connectivity index (χ0v) is 15.9. The van der Waals surface area contributed by atoms with Crippen LogP contribution in [0.1, 0.15) is 48.4 Å². The van der Waals surface area contributed by atoms with Crippen LogP contribution in [0.2, 0.25) is 0 Å². The highest BCUT2D eigenvalue weighted by Gasteiger charge is 2.27. The summed E-state index contributed by atoms with van der Waals surface area (Å²) in [5.74, 6) is 0.686. The van der Waals surface area contributed by atoms with E-state index in [-0.39, 0.29) is 12.1 Å². The second-order valence-corrected chi connectivity index (χ2v) is 7.10. The topological polar surface area (TPSA) is 41.6 Å². The zero-order chi connectivity index (χ0) is 18.5. The van der Waals surface area contributed by atoms with E-state index in [9.17, 15) is 4.79 Å². The van der Waals surface area contributed by atoms with Gasteiger partial charge in [0.25, 0.3) is 0 Å². The molecule has 4 heteroatoms. The number of ether oxygens (including phenoxy) is 1. The second kappa shape index (κ2) is 8.26. The summed E-state index contributed by atoms with van der Waals surface area (Å²) in [7, 11) is 1.63. The number of rotatable bonds is 3. The molecule has 3 rings (SSSR count). The number of nitrogens with zero attached hydrogens (tertiary/aromatic N) is 1. The summed E-state index contributed by atoms with van der Waals surface area (Å²) in [6, 6.07) is 14.4. The summed E-state index contributed by atoms with van der Waals surface area (Å²) >= 11 is 0. The molecule has 1 fully saturated rings. The van der Waals surface area contributed by atoms with Crippen molar-refractivity contribution in [1.29, 1.82) is 0 Å². The number of hydrogen-bond acceptors (Lipinski definition) is 2. The van der Waals surface area contributed by atoms with Crippen molar-refractivity contribution in [2.45, 2.75) is 45.6 Å². The number of hydrogen-bond donors (Lipinski definition) is 1. The monoisotopic (exact) mass is 352 g/mol. The smallest absolute Gasteiger partial charge is 0.322 e. The van der Waals surface area contributed by atoms with Crippen molar-refractivity contribution in [3.8, 4) is 5.75 Å². The van der Waals surface area contributed by atoms with Gasteiger partial charge >= 0.3 is 6.03 Å². The number of benzene rings is 2. The fraction of sp³-hybridized carbons (Fsp3) is 0.409. The van der Waals surface area contributed by atoms with Crippen LogP contribution in [0, 0.1) is 13.8 Å². The Morgan fingerprint density at radius 2 is 1.77 bits per heavy atom. The van der Waals surface area contributed by atoms with Crippen molar-refractivity contribution >= 4 is 11.7 Å². The zero-order valence-electron chi connectivity index (χ0n) is 15.9. The maximum Gasteiger partial charge on any atom is 0.322 e. The highest BCUT2D eigenvalue weighted by Crippen LogP contribution is 2.32. The predicted molar refractivity (Wildman–Crippen MR) is 106 cm³/mol. The Bertz CT molecular complexity index is 755. The fourth-order valence-electron chi connectivity index (χ4n) is 3.59. The van der Waals surface area contributed by atoms with Crippen LogP contribution >= 0.6 is 0 Å². The van der Waals surface area contributed by atoms with Gasteiger partial charge in [-0.3, -0.25) is 0 Å². The number of anilines is 1. The predicted octanol–water partition coefficient (Wildman–Crippen LogP) is 5.46. The van der Waals surface area contributed by atoms with Gasteiger partial charge in [-0.1, -0.05) is 48.7 Å². The largest absolute Gasteiger partial charge is 0.495 e. The van der Waals surface area contributed by atoms with Gasteiger partial charge in [-0.25, -0.2) is 4.79 Å². The lowest BCUT2D eigenvalue weighted by Crippen LogP contribution is -2.38. The number of carbonyl (C=O) groups is 1. The van der Waals surface area contributed by atoms with Gasteiger partial charge in [0.2, 0.25) is 0 Å². The van der Waals surface area contributed by atoms with E-state index in [0.717, 1.165) is 37.1 Å². The first kappa shape index (κ1) is 18.3. The van der Waals surface area contributed by atoms with E-state index < -0.39 is 0 Å². The summed E-state index contributed by atoms with van der Waals surface area (Å²) in [5, 5.41) is 3.07. The third kappa shape index (κ3) is 4.18. The second-order valence-electron chi connectivity index (χ2n) is 7.10. The van der Waals surface area contributed by atoms with Crippen molar-refractivity contribution in [1.82, 2.24) is 4.90 Å². The average Bonchev–Trinajstić information content (AvgIpc) is 2.89. The molecule has 26 heavy (non-hydrogen) atoms. The van der Waals surface area contributed by atoms with Crippen LogP contribution < -0.4 is 10.1 Å². The molecular formula is C22H28N2O2. The number of urea groups is 1. The molecule has 0 unspecified atom stereocenters. The molecule has 0 saturated carbocycles. The van der Waals surface area contributed by atoms with Crippen molar-refractivity contribution < 1.29 is 9.53 Å². The fourth-order valence-corrected chi connectivity index (χ4v) is 3.59. The van der Waals surface area contributed by atoms with Crippen LogP contribution in [-0.2, 0) is 0 Å². The normalized spacial score (nSPS) is 17.5. The van der Waals surface area contributed by atoms with Crippen LogP contribution in [0.15, 0.2) is 42.5 Å². The quantitative estimate of drug-likeness (QED) is 0.797. The molecule has 1 atom stereocenters. The molecule has 1 saturated heterocycles. The molecule has 2 amide bonds. The molecule has 0 aromatic heterocycles. The first-order valence-corrected chi connectivity index (χ1v) is 9.37. The Morgan fingerprint density at radius 3 is 2.50 bits per heavy atom. The molecule has 0 aliphatic carbocycles. The number of aryl methyl sites for hydroxylation is 2. The minimum Gasteiger partial charge on any atom is -0.495 e. The molecule has 2 aromatic rings. The molecule has 0 bridgehead atoms. The van der Waals surface area contributed by atoms with Gasteiger partial charge in [0.1, 0.15) is 5.75 Å². The molecule has 1 aliphatic rings. The molecule has 4 nitrogen and oxygen atoms in total. The Kier molecular flexibility index (Phi) is 5.82. The van der Waals surface area contributed by atoms with Gasteiger partial charge in [-0.2, -0.15) is 0 Å². The Hall–Kier alpha value is -2.49. The lowest BCUT2D eigenvalue weighted by Gasteiger charge is -2.31. The Labute approximate surface area is 156 Å². The molecule has 0 spiro atoms. The van der Waals surface area contributed by atoms with E-state index in [0.29, 0.717) is 5.75 Å². The molecule has 0 radical (unpaired) electrons.